The smallest absolute Gasteiger partial charge is 0.326 e. The van der Waals surface area contributed by atoms with Gasteiger partial charge in [0, 0.05) is 5.92 Å². The van der Waals surface area contributed by atoms with Gasteiger partial charge >= 0.3 is 5.97 Å². The molecule has 0 aromatic carbocycles. The van der Waals surface area contributed by atoms with E-state index in [4.69, 9.17) is 5.11 Å². The molecule has 0 aromatic rings. The van der Waals surface area contributed by atoms with Crippen molar-refractivity contribution >= 4 is 11.9 Å². The summed E-state index contributed by atoms with van der Waals surface area (Å²) in [4.78, 5) is 23.4. The zero-order valence-electron chi connectivity index (χ0n) is 12.5. The van der Waals surface area contributed by atoms with Crippen molar-refractivity contribution < 1.29 is 14.7 Å². The Morgan fingerprint density at radius 1 is 1.37 bits per heavy atom. The molecule has 4 nitrogen and oxygen atoms in total. The molecule has 1 aliphatic rings. The summed E-state index contributed by atoms with van der Waals surface area (Å²) in [6, 6.07) is -0.752. The Labute approximate surface area is 116 Å². The van der Waals surface area contributed by atoms with Gasteiger partial charge in [-0.3, -0.25) is 4.79 Å². The first-order valence-corrected chi connectivity index (χ1v) is 7.24. The van der Waals surface area contributed by atoms with Gasteiger partial charge in [-0.05, 0) is 37.0 Å². The van der Waals surface area contributed by atoms with Crippen molar-refractivity contribution in [2.45, 2.75) is 65.8 Å². The number of carbonyl (C=O) groups is 2. The Bertz CT molecular complexity index is 336. The highest BCUT2D eigenvalue weighted by Gasteiger charge is 2.33. The highest BCUT2D eigenvalue weighted by atomic mass is 16.4. The van der Waals surface area contributed by atoms with Crippen molar-refractivity contribution in [3.8, 4) is 0 Å². The van der Waals surface area contributed by atoms with Gasteiger partial charge in [-0.25, -0.2) is 4.79 Å². The molecule has 2 atom stereocenters. The Kier molecular flexibility index (Phi) is 5.39. The van der Waals surface area contributed by atoms with Crippen molar-refractivity contribution in [3.63, 3.8) is 0 Å². The summed E-state index contributed by atoms with van der Waals surface area (Å²) in [5.74, 6) is -0.792. The number of nitrogens with one attached hydrogen (secondary N) is 1. The second-order valence-corrected chi connectivity index (χ2v) is 6.99. The molecule has 0 heterocycles. The number of amides is 1. The number of carboxylic acid groups (broad SMARTS) is 1. The van der Waals surface area contributed by atoms with E-state index in [1.807, 2.05) is 13.8 Å². The minimum absolute atomic E-state index is 0.0298. The zero-order valence-corrected chi connectivity index (χ0v) is 12.5. The van der Waals surface area contributed by atoms with Gasteiger partial charge in [-0.2, -0.15) is 0 Å². The van der Waals surface area contributed by atoms with Crippen molar-refractivity contribution in [1.29, 1.82) is 0 Å². The van der Waals surface area contributed by atoms with E-state index in [1.165, 1.54) is 0 Å². The molecular weight excluding hydrogens is 242 g/mol. The molecule has 0 aromatic heterocycles. The molecule has 0 aliphatic heterocycles. The lowest BCUT2D eigenvalue weighted by Crippen LogP contribution is -2.45. The van der Waals surface area contributed by atoms with Crippen LogP contribution < -0.4 is 5.32 Å². The predicted octanol–water partition coefficient (Wildman–Crippen LogP) is 2.82. The number of carboxylic acids is 1. The van der Waals surface area contributed by atoms with Crippen LogP contribution in [-0.4, -0.2) is 23.0 Å². The van der Waals surface area contributed by atoms with E-state index in [9.17, 15) is 9.59 Å². The van der Waals surface area contributed by atoms with E-state index in [-0.39, 0.29) is 23.2 Å². The van der Waals surface area contributed by atoms with E-state index >= 15 is 0 Å². The highest BCUT2D eigenvalue weighted by Crippen LogP contribution is 2.38. The fraction of sp³-hybridized carbons (Fsp3) is 0.867. The SMILES string of the molecule is CC(C)C[C@@H](NC(=O)C1CCCC(C)(C)C1)C(=O)O. The van der Waals surface area contributed by atoms with E-state index in [2.05, 4.69) is 19.2 Å². The molecule has 0 spiro atoms. The minimum atomic E-state index is -0.933. The molecule has 0 bridgehead atoms. The second-order valence-electron chi connectivity index (χ2n) is 6.99. The first-order valence-electron chi connectivity index (χ1n) is 7.24. The van der Waals surface area contributed by atoms with Crippen LogP contribution in [0.1, 0.15) is 59.8 Å². The van der Waals surface area contributed by atoms with Crippen molar-refractivity contribution in [3.05, 3.63) is 0 Å². The predicted molar refractivity (Wildman–Crippen MR) is 74.8 cm³/mol. The fourth-order valence-electron chi connectivity index (χ4n) is 2.90. The zero-order chi connectivity index (χ0) is 14.6. The lowest BCUT2D eigenvalue weighted by Gasteiger charge is -2.35. The standard InChI is InChI=1S/C15H27NO3/c1-10(2)8-12(14(18)19)16-13(17)11-6-5-7-15(3,4)9-11/h10-12H,5-9H2,1-4H3,(H,16,17)(H,18,19)/t11?,12-/m1/s1. The third kappa shape index (κ3) is 5.21. The quantitative estimate of drug-likeness (QED) is 0.806. The van der Waals surface area contributed by atoms with Crippen molar-refractivity contribution in [1.82, 2.24) is 5.32 Å². The monoisotopic (exact) mass is 269 g/mol. The first-order chi connectivity index (χ1) is 8.71. The van der Waals surface area contributed by atoms with Gasteiger partial charge in [0.05, 0.1) is 0 Å². The van der Waals surface area contributed by atoms with Crippen LogP contribution in [0.3, 0.4) is 0 Å². The molecule has 0 radical (unpaired) electrons. The summed E-state index contributed by atoms with van der Waals surface area (Å²) in [5.41, 5.74) is 0.191. The minimum Gasteiger partial charge on any atom is -0.480 e. The molecule has 4 heteroatoms. The van der Waals surface area contributed by atoms with Crippen LogP contribution in [0.25, 0.3) is 0 Å². The number of rotatable bonds is 5. The molecule has 2 N–H and O–H groups in total. The summed E-state index contributed by atoms with van der Waals surface area (Å²) >= 11 is 0. The topological polar surface area (TPSA) is 66.4 Å². The van der Waals surface area contributed by atoms with Crippen LogP contribution in [0, 0.1) is 17.3 Å². The largest absolute Gasteiger partial charge is 0.480 e. The molecule has 1 saturated carbocycles. The Hall–Kier alpha value is -1.06. The van der Waals surface area contributed by atoms with Gasteiger partial charge in [0.2, 0.25) is 5.91 Å². The maximum absolute atomic E-state index is 12.2. The third-order valence-electron chi connectivity index (χ3n) is 3.90. The van der Waals surface area contributed by atoms with Crippen molar-refractivity contribution in [2.24, 2.45) is 17.3 Å². The molecule has 1 unspecified atom stereocenters. The van der Waals surface area contributed by atoms with E-state index < -0.39 is 12.0 Å². The van der Waals surface area contributed by atoms with Crippen LogP contribution in [0.5, 0.6) is 0 Å². The number of hydrogen-bond donors (Lipinski definition) is 2. The number of hydrogen-bond acceptors (Lipinski definition) is 2. The summed E-state index contributed by atoms with van der Waals surface area (Å²) < 4.78 is 0. The average Bonchev–Trinajstić information content (AvgIpc) is 2.25. The molecule has 1 amide bonds. The second kappa shape index (κ2) is 6.40. The molecule has 0 saturated heterocycles. The first kappa shape index (κ1) is 16.0. The highest BCUT2D eigenvalue weighted by molar-refractivity contribution is 5.85. The lowest BCUT2D eigenvalue weighted by atomic mass is 9.72. The number of aliphatic carboxylic acids is 1. The van der Waals surface area contributed by atoms with Gasteiger partial charge < -0.3 is 10.4 Å². The Balaban J connectivity index is 2.59. The summed E-state index contributed by atoms with van der Waals surface area (Å²) in [6.07, 6.45) is 4.41. The molecular formula is C15H27NO3. The fourth-order valence-corrected chi connectivity index (χ4v) is 2.90. The van der Waals surface area contributed by atoms with Crippen LogP contribution in [-0.2, 0) is 9.59 Å². The van der Waals surface area contributed by atoms with Gasteiger partial charge in [0.1, 0.15) is 6.04 Å². The Morgan fingerprint density at radius 2 is 2.00 bits per heavy atom. The van der Waals surface area contributed by atoms with E-state index in [0.717, 1.165) is 25.7 Å². The third-order valence-corrected chi connectivity index (χ3v) is 3.90. The molecule has 19 heavy (non-hydrogen) atoms. The van der Waals surface area contributed by atoms with Crippen LogP contribution >= 0.6 is 0 Å². The van der Waals surface area contributed by atoms with Gasteiger partial charge in [0.25, 0.3) is 0 Å². The molecule has 1 rings (SSSR count). The van der Waals surface area contributed by atoms with Crippen LogP contribution in [0.2, 0.25) is 0 Å². The maximum Gasteiger partial charge on any atom is 0.326 e. The van der Waals surface area contributed by atoms with Crippen LogP contribution in [0.4, 0.5) is 0 Å². The van der Waals surface area contributed by atoms with E-state index in [1.54, 1.807) is 0 Å². The van der Waals surface area contributed by atoms with Crippen molar-refractivity contribution in [2.75, 3.05) is 0 Å². The Morgan fingerprint density at radius 3 is 2.47 bits per heavy atom. The summed E-state index contributed by atoms with van der Waals surface area (Å²) in [6.45, 7) is 8.28. The average molecular weight is 269 g/mol. The summed E-state index contributed by atoms with van der Waals surface area (Å²) in [7, 11) is 0. The number of carbonyl (C=O) groups excluding carboxylic acids is 1. The summed E-state index contributed by atoms with van der Waals surface area (Å²) in [5, 5.41) is 11.9. The normalized spacial score (nSPS) is 23.9. The van der Waals surface area contributed by atoms with Gasteiger partial charge in [-0.15, -0.1) is 0 Å². The van der Waals surface area contributed by atoms with E-state index in [0.29, 0.717) is 6.42 Å². The van der Waals surface area contributed by atoms with Gasteiger partial charge in [0.15, 0.2) is 0 Å². The molecule has 1 fully saturated rings. The van der Waals surface area contributed by atoms with Gasteiger partial charge in [-0.1, -0.05) is 34.1 Å². The molecule has 110 valence electrons. The molecule has 1 aliphatic carbocycles. The van der Waals surface area contributed by atoms with Crippen LogP contribution in [0.15, 0.2) is 0 Å². The maximum atomic E-state index is 12.2. The lowest BCUT2D eigenvalue weighted by molar-refractivity contribution is -0.143.